The molecule has 2 N–H and O–H groups in total. The molecule has 0 aromatic heterocycles. The Labute approximate surface area is 75.7 Å². The van der Waals surface area contributed by atoms with Gasteiger partial charge in [-0.05, 0) is 37.5 Å². The third kappa shape index (κ3) is 1.66. The molecule has 1 nitrogen and oxygen atoms in total. The van der Waals surface area contributed by atoms with Crippen LogP contribution in [0.2, 0.25) is 0 Å². The van der Waals surface area contributed by atoms with Crippen molar-refractivity contribution in [2.24, 2.45) is 17.6 Å². The van der Waals surface area contributed by atoms with Crippen LogP contribution in [0.4, 0.5) is 0 Å². The molecule has 2 rings (SSSR count). The molecule has 2 aliphatic rings. The molecule has 0 atom stereocenters. The molecule has 2 fully saturated rings. The molecule has 0 aromatic rings. The molecule has 0 aliphatic heterocycles. The van der Waals surface area contributed by atoms with E-state index in [2.05, 4.69) is 0 Å². The van der Waals surface area contributed by atoms with Gasteiger partial charge in [-0.3, -0.25) is 0 Å². The van der Waals surface area contributed by atoms with Gasteiger partial charge in [0, 0.05) is 6.04 Å². The quantitative estimate of drug-likeness (QED) is 0.672. The summed E-state index contributed by atoms with van der Waals surface area (Å²) in [5.41, 5.74) is 6.28. The third-order valence-corrected chi connectivity index (χ3v) is 3.89. The molecule has 0 saturated heterocycles. The SMILES string of the molecule is NC(C1CCCC1)C1CCCC1. The van der Waals surface area contributed by atoms with E-state index in [1.165, 1.54) is 51.4 Å². The highest BCUT2D eigenvalue weighted by Crippen LogP contribution is 2.35. The van der Waals surface area contributed by atoms with Crippen molar-refractivity contribution in [3.63, 3.8) is 0 Å². The van der Waals surface area contributed by atoms with Gasteiger partial charge in [0.2, 0.25) is 0 Å². The molecular formula is C11H21N. The van der Waals surface area contributed by atoms with Crippen LogP contribution in [0.15, 0.2) is 0 Å². The second-order valence-electron chi connectivity index (χ2n) is 4.67. The Hall–Kier alpha value is -0.0400. The average Bonchev–Trinajstić information content (AvgIpc) is 2.77. The summed E-state index contributed by atoms with van der Waals surface area (Å²) < 4.78 is 0. The molecule has 12 heavy (non-hydrogen) atoms. The average molecular weight is 167 g/mol. The Morgan fingerprint density at radius 2 is 1.08 bits per heavy atom. The Balaban J connectivity index is 1.84. The van der Waals surface area contributed by atoms with Gasteiger partial charge in [0.1, 0.15) is 0 Å². The number of hydrogen-bond donors (Lipinski definition) is 1. The lowest BCUT2D eigenvalue weighted by molar-refractivity contribution is 0.316. The minimum Gasteiger partial charge on any atom is -0.327 e. The van der Waals surface area contributed by atoms with E-state index in [0.29, 0.717) is 6.04 Å². The van der Waals surface area contributed by atoms with Crippen LogP contribution < -0.4 is 5.73 Å². The number of hydrogen-bond acceptors (Lipinski definition) is 1. The maximum Gasteiger partial charge on any atom is 0.00956 e. The number of rotatable bonds is 2. The Bertz CT molecular complexity index is 116. The molecule has 1 heteroatoms. The first kappa shape index (κ1) is 8.55. The van der Waals surface area contributed by atoms with E-state index in [-0.39, 0.29) is 0 Å². The minimum atomic E-state index is 0.551. The summed E-state index contributed by atoms with van der Waals surface area (Å²) in [6.45, 7) is 0. The van der Waals surface area contributed by atoms with E-state index in [0.717, 1.165) is 11.8 Å². The highest BCUT2D eigenvalue weighted by molar-refractivity contribution is 4.85. The molecule has 70 valence electrons. The Morgan fingerprint density at radius 3 is 1.42 bits per heavy atom. The molecule has 0 bridgehead atoms. The summed E-state index contributed by atoms with van der Waals surface area (Å²) in [4.78, 5) is 0. The first-order valence-electron chi connectivity index (χ1n) is 5.63. The fraction of sp³-hybridized carbons (Fsp3) is 1.00. The van der Waals surface area contributed by atoms with Crippen molar-refractivity contribution >= 4 is 0 Å². The molecule has 0 heterocycles. The van der Waals surface area contributed by atoms with Crippen molar-refractivity contribution in [2.45, 2.75) is 57.4 Å². The summed E-state index contributed by atoms with van der Waals surface area (Å²) >= 11 is 0. The van der Waals surface area contributed by atoms with Gasteiger partial charge in [0.25, 0.3) is 0 Å². The van der Waals surface area contributed by atoms with Crippen LogP contribution in [0.3, 0.4) is 0 Å². The lowest BCUT2D eigenvalue weighted by Crippen LogP contribution is -2.35. The van der Waals surface area contributed by atoms with E-state index < -0.39 is 0 Å². The molecule has 2 aliphatic carbocycles. The fourth-order valence-corrected chi connectivity index (χ4v) is 3.07. The Kier molecular flexibility index (Phi) is 2.69. The van der Waals surface area contributed by atoms with Gasteiger partial charge in [-0.15, -0.1) is 0 Å². The normalized spacial score (nSPS) is 27.5. The zero-order chi connectivity index (χ0) is 8.39. The molecule has 0 radical (unpaired) electrons. The van der Waals surface area contributed by atoms with Crippen molar-refractivity contribution < 1.29 is 0 Å². The second kappa shape index (κ2) is 3.78. The summed E-state index contributed by atoms with van der Waals surface area (Å²) in [5.74, 6) is 1.76. The fourth-order valence-electron chi connectivity index (χ4n) is 3.07. The monoisotopic (exact) mass is 167 g/mol. The molecular weight excluding hydrogens is 146 g/mol. The van der Waals surface area contributed by atoms with Crippen LogP contribution in [0, 0.1) is 11.8 Å². The Morgan fingerprint density at radius 1 is 0.750 bits per heavy atom. The second-order valence-corrected chi connectivity index (χ2v) is 4.67. The van der Waals surface area contributed by atoms with Crippen LogP contribution in [-0.2, 0) is 0 Å². The molecule has 0 unspecified atom stereocenters. The predicted octanol–water partition coefficient (Wildman–Crippen LogP) is 2.69. The zero-order valence-corrected chi connectivity index (χ0v) is 7.97. The van der Waals surface area contributed by atoms with Gasteiger partial charge in [-0.1, -0.05) is 25.7 Å². The van der Waals surface area contributed by atoms with Crippen molar-refractivity contribution in [1.82, 2.24) is 0 Å². The van der Waals surface area contributed by atoms with Gasteiger partial charge < -0.3 is 5.73 Å². The first-order chi connectivity index (χ1) is 5.88. The van der Waals surface area contributed by atoms with Crippen molar-refractivity contribution in [2.75, 3.05) is 0 Å². The van der Waals surface area contributed by atoms with E-state index >= 15 is 0 Å². The van der Waals surface area contributed by atoms with Crippen LogP contribution in [0.1, 0.15) is 51.4 Å². The van der Waals surface area contributed by atoms with Crippen molar-refractivity contribution in [3.8, 4) is 0 Å². The number of nitrogens with two attached hydrogens (primary N) is 1. The van der Waals surface area contributed by atoms with E-state index in [1.807, 2.05) is 0 Å². The molecule has 0 spiro atoms. The third-order valence-electron chi connectivity index (χ3n) is 3.89. The lowest BCUT2D eigenvalue weighted by atomic mass is 9.87. The van der Waals surface area contributed by atoms with Crippen molar-refractivity contribution in [3.05, 3.63) is 0 Å². The molecule has 0 aromatic carbocycles. The molecule has 0 amide bonds. The van der Waals surface area contributed by atoms with Crippen LogP contribution in [0.25, 0.3) is 0 Å². The maximum absolute atomic E-state index is 6.28. The van der Waals surface area contributed by atoms with Gasteiger partial charge in [0.15, 0.2) is 0 Å². The summed E-state index contributed by atoms with van der Waals surface area (Å²) in [6, 6.07) is 0.551. The summed E-state index contributed by atoms with van der Waals surface area (Å²) in [5, 5.41) is 0. The lowest BCUT2D eigenvalue weighted by Gasteiger charge is -2.24. The van der Waals surface area contributed by atoms with Crippen LogP contribution >= 0.6 is 0 Å². The van der Waals surface area contributed by atoms with Crippen LogP contribution in [-0.4, -0.2) is 6.04 Å². The maximum atomic E-state index is 6.28. The highest BCUT2D eigenvalue weighted by Gasteiger charge is 2.29. The predicted molar refractivity (Wildman–Crippen MR) is 51.9 cm³/mol. The molecule has 2 saturated carbocycles. The first-order valence-corrected chi connectivity index (χ1v) is 5.63. The van der Waals surface area contributed by atoms with Gasteiger partial charge >= 0.3 is 0 Å². The highest BCUT2D eigenvalue weighted by atomic mass is 14.7. The minimum absolute atomic E-state index is 0.551. The smallest absolute Gasteiger partial charge is 0.00956 e. The van der Waals surface area contributed by atoms with Gasteiger partial charge in [0.05, 0.1) is 0 Å². The summed E-state index contributed by atoms with van der Waals surface area (Å²) in [7, 11) is 0. The zero-order valence-electron chi connectivity index (χ0n) is 7.97. The summed E-state index contributed by atoms with van der Waals surface area (Å²) in [6.07, 6.45) is 11.4. The van der Waals surface area contributed by atoms with Gasteiger partial charge in [-0.25, -0.2) is 0 Å². The standard InChI is InChI=1S/C11H21N/c12-11(9-5-1-2-6-9)10-7-3-4-8-10/h9-11H,1-8,12H2. The van der Waals surface area contributed by atoms with E-state index in [1.54, 1.807) is 0 Å². The van der Waals surface area contributed by atoms with Crippen molar-refractivity contribution in [1.29, 1.82) is 0 Å². The topological polar surface area (TPSA) is 26.0 Å². The van der Waals surface area contributed by atoms with E-state index in [4.69, 9.17) is 5.73 Å². The van der Waals surface area contributed by atoms with Crippen LogP contribution in [0.5, 0.6) is 0 Å². The van der Waals surface area contributed by atoms with E-state index in [9.17, 15) is 0 Å². The largest absolute Gasteiger partial charge is 0.327 e. The van der Waals surface area contributed by atoms with Gasteiger partial charge in [-0.2, -0.15) is 0 Å².